The van der Waals surface area contributed by atoms with Crippen LogP contribution in [0, 0.1) is 0 Å². The first-order valence-corrected chi connectivity index (χ1v) is 5.34. The number of rotatable bonds is 3. The maximum absolute atomic E-state index is 12.2. The summed E-state index contributed by atoms with van der Waals surface area (Å²) in [4.78, 5) is 4.22. The summed E-state index contributed by atoms with van der Waals surface area (Å²) >= 11 is 0. The molecule has 1 heterocycles. The number of hydrogen-bond acceptors (Lipinski definition) is 2. The Morgan fingerprint density at radius 1 is 1.07 bits per heavy atom. The molecule has 14 heavy (non-hydrogen) atoms. The van der Waals surface area contributed by atoms with Gasteiger partial charge < -0.3 is 0 Å². The van der Waals surface area contributed by atoms with Crippen LogP contribution in [0.4, 0.5) is 8.78 Å². The maximum atomic E-state index is 12.2. The highest BCUT2D eigenvalue weighted by atomic mass is 19.3. The van der Waals surface area contributed by atoms with Crippen LogP contribution in [0.5, 0.6) is 0 Å². The topological polar surface area (TPSA) is 6.48 Å². The third kappa shape index (κ3) is 3.88. The second-order valence-corrected chi connectivity index (χ2v) is 4.17. The second-order valence-electron chi connectivity index (χ2n) is 4.17. The standard InChI is InChI=1S/C10H20F2N2/c1-9(2)14-5-3-4-13(6-7-14)8-10(11)12/h9-10H,3-8H2,1-2H3. The van der Waals surface area contributed by atoms with Crippen molar-refractivity contribution in [2.24, 2.45) is 0 Å². The molecule has 1 rings (SSSR count). The molecule has 0 bridgehead atoms. The molecule has 0 radical (unpaired) electrons. The van der Waals surface area contributed by atoms with Gasteiger partial charge in [-0.25, -0.2) is 8.78 Å². The van der Waals surface area contributed by atoms with E-state index in [0.717, 1.165) is 32.6 Å². The predicted molar refractivity (Wildman–Crippen MR) is 53.8 cm³/mol. The van der Waals surface area contributed by atoms with E-state index in [1.54, 1.807) is 0 Å². The van der Waals surface area contributed by atoms with Crippen LogP contribution in [0.15, 0.2) is 0 Å². The van der Waals surface area contributed by atoms with E-state index in [4.69, 9.17) is 0 Å². The molecule has 1 saturated heterocycles. The van der Waals surface area contributed by atoms with Gasteiger partial charge >= 0.3 is 0 Å². The average Bonchev–Trinajstić information content (AvgIpc) is 2.28. The van der Waals surface area contributed by atoms with Crippen LogP contribution < -0.4 is 0 Å². The van der Waals surface area contributed by atoms with Crippen molar-refractivity contribution in [3.63, 3.8) is 0 Å². The minimum atomic E-state index is -2.19. The van der Waals surface area contributed by atoms with E-state index < -0.39 is 6.43 Å². The van der Waals surface area contributed by atoms with E-state index in [2.05, 4.69) is 18.7 Å². The van der Waals surface area contributed by atoms with Crippen LogP contribution in [0.1, 0.15) is 20.3 Å². The lowest BCUT2D eigenvalue weighted by Crippen LogP contribution is -2.36. The molecule has 0 aliphatic carbocycles. The molecule has 2 nitrogen and oxygen atoms in total. The third-order valence-electron chi connectivity index (χ3n) is 2.75. The fourth-order valence-corrected chi connectivity index (χ4v) is 1.89. The highest BCUT2D eigenvalue weighted by Gasteiger charge is 2.18. The zero-order valence-electron chi connectivity index (χ0n) is 9.05. The summed E-state index contributed by atoms with van der Waals surface area (Å²) in [6.45, 7) is 7.80. The van der Waals surface area contributed by atoms with Gasteiger partial charge in [0.05, 0.1) is 6.54 Å². The Balaban J connectivity index is 2.33. The zero-order valence-corrected chi connectivity index (χ0v) is 9.05. The van der Waals surface area contributed by atoms with Crippen LogP contribution >= 0.6 is 0 Å². The van der Waals surface area contributed by atoms with E-state index in [9.17, 15) is 8.78 Å². The van der Waals surface area contributed by atoms with Crippen LogP contribution in [0.2, 0.25) is 0 Å². The molecular formula is C10H20F2N2. The van der Waals surface area contributed by atoms with Gasteiger partial charge in [-0.3, -0.25) is 9.80 Å². The molecule has 0 amide bonds. The highest BCUT2D eigenvalue weighted by molar-refractivity contribution is 4.72. The van der Waals surface area contributed by atoms with E-state index in [1.807, 2.05) is 4.90 Å². The molecule has 1 aliphatic rings. The summed E-state index contributed by atoms with van der Waals surface area (Å²) in [5, 5.41) is 0. The van der Waals surface area contributed by atoms with Crippen molar-refractivity contribution in [2.75, 3.05) is 32.7 Å². The third-order valence-corrected chi connectivity index (χ3v) is 2.75. The molecule has 1 fully saturated rings. The van der Waals surface area contributed by atoms with Crippen molar-refractivity contribution in [1.82, 2.24) is 9.80 Å². The molecular weight excluding hydrogens is 186 g/mol. The Morgan fingerprint density at radius 2 is 1.79 bits per heavy atom. The Labute approximate surface area is 84.9 Å². The average molecular weight is 206 g/mol. The van der Waals surface area contributed by atoms with Crippen molar-refractivity contribution in [2.45, 2.75) is 32.7 Å². The predicted octanol–water partition coefficient (Wildman–Crippen LogP) is 1.67. The largest absolute Gasteiger partial charge is 0.300 e. The minimum absolute atomic E-state index is 0.0636. The van der Waals surface area contributed by atoms with Crippen molar-refractivity contribution < 1.29 is 8.78 Å². The van der Waals surface area contributed by atoms with Crippen LogP contribution in [-0.2, 0) is 0 Å². The van der Waals surface area contributed by atoms with E-state index in [0.29, 0.717) is 6.04 Å². The summed E-state index contributed by atoms with van der Waals surface area (Å²) in [6, 6.07) is 0.529. The van der Waals surface area contributed by atoms with Gasteiger partial charge in [-0.05, 0) is 33.4 Å². The van der Waals surface area contributed by atoms with Crippen molar-refractivity contribution in [3.05, 3.63) is 0 Å². The first-order chi connectivity index (χ1) is 6.59. The lowest BCUT2D eigenvalue weighted by Gasteiger charge is -2.24. The Morgan fingerprint density at radius 3 is 2.36 bits per heavy atom. The van der Waals surface area contributed by atoms with Gasteiger partial charge in [0.1, 0.15) is 0 Å². The van der Waals surface area contributed by atoms with Gasteiger partial charge in [0.2, 0.25) is 0 Å². The number of halogens is 2. The molecule has 0 N–H and O–H groups in total. The van der Waals surface area contributed by atoms with Crippen LogP contribution in [0.3, 0.4) is 0 Å². The van der Waals surface area contributed by atoms with E-state index in [1.165, 1.54) is 0 Å². The summed E-state index contributed by atoms with van der Waals surface area (Å²) in [6.07, 6.45) is -1.19. The van der Waals surface area contributed by atoms with Gasteiger partial charge in [-0.15, -0.1) is 0 Å². The lowest BCUT2D eigenvalue weighted by atomic mass is 10.3. The van der Waals surface area contributed by atoms with Gasteiger partial charge in [0, 0.05) is 19.1 Å². The molecule has 0 aromatic rings. The van der Waals surface area contributed by atoms with Crippen molar-refractivity contribution >= 4 is 0 Å². The molecule has 0 aromatic heterocycles. The quantitative estimate of drug-likeness (QED) is 0.693. The van der Waals surface area contributed by atoms with Crippen molar-refractivity contribution in [1.29, 1.82) is 0 Å². The monoisotopic (exact) mass is 206 g/mol. The first-order valence-electron chi connectivity index (χ1n) is 5.34. The smallest absolute Gasteiger partial charge is 0.251 e. The molecule has 0 spiro atoms. The molecule has 0 saturated carbocycles. The SMILES string of the molecule is CC(C)N1CCCN(CC(F)F)CC1. The molecule has 0 unspecified atom stereocenters. The molecule has 0 atom stereocenters. The van der Waals surface area contributed by atoms with Gasteiger partial charge in [-0.2, -0.15) is 0 Å². The molecule has 1 aliphatic heterocycles. The van der Waals surface area contributed by atoms with Crippen LogP contribution in [-0.4, -0.2) is 55.0 Å². The fourth-order valence-electron chi connectivity index (χ4n) is 1.89. The normalized spacial score (nSPS) is 21.9. The first kappa shape index (κ1) is 11.9. The number of nitrogens with zero attached hydrogens (tertiary/aromatic N) is 2. The fraction of sp³-hybridized carbons (Fsp3) is 1.00. The minimum Gasteiger partial charge on any atom is -0.300 e. The Bertz CT molecular complexity index is 162. The van der Waals surface area contributed by atoms with Gasteiger partial charge in [0.25, 0.3) is 6.43 Å². The number of hydrogen-bond donors (Lipinski definition) is 0. The van der Waals surface area contributed by atoms with E-state index >= 15 is 0 Å². The zero-order chi connectivity index (χ0) is 10.6. The molecule has 4 heteroatoms. The summed E-state index contributed by atoms with van der Waals surface area (Å²) in [5.41, 5.74) is 0. The summed E-state index contributed by atoms with van der Waals surface area (Å²) < 4.78 is 24.3. The number of alkyl halides is 2. The molecule has 84 valence electrons. The molecule has 0 aromatic carbocycles. The summed E-state index contributed by atoms with van der Waals surface area (Å²) in [5.74, 6) is 0. The van der Waals surface area contributed by atoms with Gasteiger partial charge in [-0.1, -0.05) is 0 Å². The van der Waals surface area contributed by atoms with Crippen molar-refractivity contribution in [3.8, 4) is 0 Å². The Kier molecular flexibility index (Phi) is 4.75. The second kappa shape index (κ2) is 5.61. The maximum Gasteiger partial charge on any atom is 0.251 e. The van der Waals surface area contributed by atoms with E-state index in [-0.39, 0.29) is 6.54 Å². The Hall–Kier alpha value is -0.220. The summed E-state index contributed by atoms with van der Waals surface area (Å²) in [7, 11) is 0. The van der Waals surface area contributed by atoms with Gasteiger partial charge in [0.15, 0.2) is 0 Å². The highest BCUT2D eigenvalue weighted by Crippen LogP contribution is 2.08. The lowest BCUT2D eigenvalue weighted by molar-refractivity contribution is 0.0892. The van der Waals surface area contributed by atoms with Crippen LogP contribution in [0.25, 0.3) is 0 Å².